The van der Waals surface area contributed by atoms with E-state index in [4.69, 9.17) is 9.47 Å². The summed E-state index contributed by atoms with van der Waals surface area (Å²) in [7, 11) is -3.84. The van der Waals surface area contributed by atoms with Crippen molar-refractivity contribution in [1.29, 1.82) is 0 Å². The minimum atomic E-state index is -3.84. The normalized spacial score (nSPS) is 22.6. The molecule has 0 unspecified atom stereocenters. The van der Waals surface area contributed by atoms with Gasteiger partial charge in [0.15, 0.2) is 6.10 Å². The van der Waals surface area contributed by atoms with Crippen LogP contribution in [0.1, 0.15) is 38.2 Å². The number of rotatable bonds is 7. The van der Waals surface area contributed by atoms with Gasteiger partial charge in [0, 0.05) is 0 Å². The molecule has 1 heterocycles. The zero-order valence-electron chi connectivity index (χ0n) is 13.6. The van der Waals surface area contributed by atoms with Crippen molar-refractivity contribution in [1.82, 2.24) is 0 Å². The van der Waals surface area contributed by atoms with Crippen molar-refractivity contribution in [3.8, 4) is 0 Å². The lowest BCUT2D eigenvalue weighted by atomic mass is 10.1. The van der Waals surface area contributed by atoms with Crippen LogP contribution in [0.15, 0.2) is 46.2 Å². The molecule has 1 aliphatic heterocycles. The van der Waals surface area contributed by atoms with Gasteiger partial charge in [-0.05, 0) is 38.0 Å². The Morgan fingerprint density at radius 1 is 1.22 bits per heavy atom. The largest absolute Gasteiger partial charge is 0.442 e. The zero-order valence-corrected chi connectivity index (χ0v) is 14.4. The van der Waals surface area contributed by atoms with Crippen molar-refractivity contribution in [2.75, 3.05) is 0 Å². The third-order valence-electron chi connectivity index (χ3n) is 3.69. The summed E-state index contributed by atoms with van der Waals surface area (Å²) in [5, 5.41) is 0. The van der Waals surface area contributed by atoms with E-state index in [1.54, 1.807) is 18.2 Å². The molecule has 0 saturated carbocycles. The second kappa shape index (κ2) is 7.64. The molecule has 1 aromatic carbocycles. The third-order valence-corrected chi connectivity index (χ3v) is 4.95. The minimum absolute atomic E-state index is 0.118. The first-order chi connectivity index (χ1) is 11.0. The van der Waals surface area contributed by atoms with Gasteiger partial charge >= 0.3 is 6.08 Å². The Morgan fingerprint density at radius 2 is 1.91 bits per heavy atom. The number of benzene rings is 1. The van der Waals surface area contributed by atoms with E-state index in [1.807, 2.05) is 6.92 Å². The molecule has 6 heteroatoms. The van der Waals surface area contributed by atoms with E-state index in [1.165, 1.54) is 12.1 Å². The first kappa shape index (κ1) is 17.5. The maximum atomic E-state index is 12.3. The Bertz CT molecular complexity index is 664. The number of unbranched alkanes of at least 4 members (excludes halogenated alkanes) is 2. The lowest BCUT2D eigenvalue weighted by molar-refractivity contribution is 0.176. The molecule has 0 amide bonds. The Morgan fingerprint density at radius 3 is 2.52 bits per heavy atom. The molecular formula is C17H23NO4S. The van der Waals surface area contributed by atoms with Gasteiger partial charge in [0.1, 0.15) is 6.10 Å². The van der Waals surface area contributed by atoms with E-state index in [2.05, 4.69) is 17.9 Å². The summed E-state index contributed by atoms with van der Waals surface area (Å²) in [6.45, 7) is 7.72. The summed E-state index contributed by atoms with van der Waals surface area (Å²) < 4.78 is 39.3. The molecular weight excluding hydrogens is 314 g/mol. The highest BCUT2D eigenvalue weighted by molar-refractivity contribution is 7.90. The summed E-state index contributed by atoms with van der Waals surface area (Å²) in [6, 6.07) is 6.49. The molecule has 1 fully saturated rings. The fourth-order valence-corrected chi connectivity index (χ4v) is 3.21. The highest BCUT2D eigenvalue weighted by atomic mass is 32.2. The smallest absolute Gasteiger partial charge is 0.401 e. The standard InChI is InChI=1S/C17H23NO4S/c1-4-6-7-8-16-15(5-2)21-17(22-16)18-23(19,20)14-11-9-13(3)10-12-14/h5,9-12,15-16H,2,4,6-8H2,1,3H3/b18-17-/t15-,16-/m1/s1. The summed E-state index contributed by atoms with van der Waals surface area (Å²) in [4.78, 5) is 0.118. The van der Waals surface area contributed by atoms with Crippen LogP contribution in [0.4, 0.5) is 0 Å². The number of aryl methyl sites for hydroxylation is 1. The van der Waals surface area contributed by atoms with Crippen molar-refractivity contribution in [3.05, 3.63) is 42.5 Å². The predicted molar refractivity (Wildman–Crippen MR) is 89.9 cm³/mol. The summed E-state index contributed by atoms with van der Waals surface area (Å²) in [5.41, 5.74) is 0.979. The van der Waals surface area contributed by atoms with Crippen molar-refractivity contribution < 1.29 is 17.9 Å². The van der Waals surface area contributed by atoms with Crippen LogP contribution < -0.4 is 0 Å². The molecule has 1 saturated heterocycles. The van der Waals surface area contributed by atoms with E-state index in [9.17, 15) is 8.42 Å². The van der Waals surface area contributed by atoms with Crippen LogP contribution in [0, 0.1) is 6.92 Å². The van der Waals surface area contributed by atoms with Crippen LogP contribution in [-0.4, -0.2) is 26.7 Å². The maximum absolute atomic E-state index is 12.3. The second-order valence-corrected chi connectivity index (χ2v) is 7.22. The van der Waals surface area contributed by atoms with Crippen molar-refractivity contribution in [3.63, 3.8) is 0 Å². The molecule has 0 radical (unpaired) electrons. The predicted octanol–water partition coefficient (Wildman–Crippen LogP) is 3.59. The van der Waals surface area contributed by atoms with Gasteiger partial charge in [0.2, 0.25) is 0 Å². The quantitative estimate of drug-likeness (QED) is 0.563. The van der Waals surface area contributed by atoms with Gasteiger partial charge in [-0.1, -0.05) is 48.4 Å². The van der Waals surface area contributed by atoms with Gasteiger partial charge in [-0.15, -0.1) is 0 Å². The maximum Gasteiger partial charge on any atom is 0.401 e. The number of nitrogens with zero attached hydrogens (tertiary/aromatic N) is 1. The SMILES string of the molecule is C=C[C@H]1O/C(=N/S(=O)(=O)c2ccc(C)cc2)O[C@@H]1CCCCC. The molecule has 126 valence electrons. The summed E-state index contributed by atoms with van der Waals surface area (Å²) in [5.74, 6) is 0. The Hall–Kier alpha value is -1.82. The highest BCUT2D eigenvalue weighted by Gasteiger charge is 2.34. The molecule has 0 aliphatic carbocycles. The minimum Gasteiger partial charge on any atom is -0.442 e. The average Bonchev–Trinajstić information content (AvgIpc) is 2.89. The topological polar surface area (TPSA) is 65.0 Å². The Balaban J connectivity index is 2.12. The van der Waals surface area contributed by atoms with Crippen LogP contribution in [0.2, 0.25) is 0 Å². The molecule has 0 N–H and O–H groups in total. The monoisotopic (exact) mass is 337 g/mol. The van der Waals surface area contributed by atoms with Gasteiger partial charge in [-0.25, -0.2) is 0 Å². The van der Waals surface area contributed by atoms with Crippen LogP contribution in [0.5, 0.6) is 0 Å². The first-order valence-electron chi connectivity index (χ1n) is 7.83. The lowest BCUT2D eigenvalue weighted by Crippen LogP contribution is -2.19. The molecule has 2 rings (SSSR count). The van der Waals surface area contributed by atoms with E-state index < -0.39 is 10.0 Å². The van der Waals surface area contributed by atoms with Gasteiger partial charge < -0.3 is 9.47 Å². The van der Waals surface area contributed by atoms with Crippen molar-refractivity contribution >= 4 is 16.1 Å². The van der Waals surface area contributed by atoms with E-state index in [0.29, 0.717) is 0 Å². The molecule has 0 spiro atoms. The molecule has 0 aromatic heterocycles. The van der Waals surface area contributed by atoms with Crippen molar-refractivity contribution in [2.45, 2.75) is 56.6 Å². The van der Waals surface area contributed by atoms with Gasteiger partial charge in [0.05, 0.1) is 4.90 Å². The summed E-state index contributed by atoms with van der Waals surface area (Å²) in [6.07, 6.45) is 4.81. The van der Waals surface area contributed by atoms with Crippen molar-refractivity contribution in [2.24, 2.45) is 4.40 Å². The average molecular weight is 337 g/mol. The highest BCUT2D eigenvalue weighted by Crippen LogP contribution is 2.23. The Labute approximate surface area is 138 Å². The first-order valence-corrected chi connectivity index (χ1v) is 9.27. The number of hydrogen-bond donors (Lipinski definition) is 0. The Kier molecular flexibility index (Phi) is 5.82. The van der Waals surface area contributed by atoms with Gasteiger partial charge in [-0.3, -0.25) is 0 Å². The fraction of sp³-hybridized carbons (Fsp3) is 0.471. The van der Waals surface area contributed by atoms with Crippen LogP contribution in [-0.2, 0) is 19.5 Å². The second-order valence-electron chi connectivity index (χ2n) is 5.62. The third kappa shape index (κ3) is 4.58. The molecule has 1 aromatic rings. The lowest BCUT2D eigenvalue weighted by Gasteiger charge is -2.10. The van der Waals surface area contributed by atoms with Gasteiger partial charge in [-0.2, -0.15) is 8.42 Å². The van der Waals surface area contributed by atoms with Crippen LogP contribution in [0.25, 0.3) is 0 Å². The summed E-state index contributed by atoms with van der Waals surface area (Å²) >= 11 is 0. The molecule has 2 atom stereocenters. The molecule has 23 heavy (non-hydrogen) atoms. The molecule has 5 nitrogen and oxygen atoms in total. The number of sulfonamides is 1. The van der Waals surface area contributed by atoms with E-state index in [0.717, 1.165) is 31.2 Å². The van der Waals surface area contributed by atoms with Gasteiger partial charge in [0.25, 0.3) is 10.0 Å². The van der Waals surface area contributed by atoms with E-state index in [-0.39, 0.29) is 23.2 Å². The fourth-order valence-electron chi connectivity index (χ4n) is 2.34. The number of ether oxygens (including phenoxy) is 2. The number of hydrogen-bond acceptors (Lipinski definition) is 4. The van der Waals surface area contributed by atoms with E-state index >= 15 is 0 Å². The zero-order chi connectivity index (χ0) is 16.9. The molecule has 0 bridgehead atoms. The molecule has 1 aliphatic rings. The van der Waals surface area contributed by atoms with Crippen LogP contribution >= 0.6 is 0 Å². The van der Waals surface area contributed by atoms with Crippen LogP contribution in [0.3, 0.4) is 0 Å².